The van der Waals surface area contributed by atoms with Gasteiger partial charge in [0.05, 0.1) is 22.3 Å². The maximum Gasteiger partial charge on any atom is 0.244 e. The summed E-state index contributed by atoms with van der Waals surface area (Å²) in [5.74, 6) is 3.37. The number of likely N-dealkylation sites (tertiary alicyclic amines) is 1. The fraction of sp³-hybridized carbons (Fsp3) is 0.346. The van der Waals surface area contributed by atoms with E-state index in [0.717, 1.165) is 48.0 Å². The fourth-order valence-corrected chi connectivity index (χ4v) is 5.46. The summed E-state index contributed by atoms with van der Waals surface area (Å²) in [5, 5.41) is 0.897. The second-order valence-corrected chi connectivity index (χ2v) is 9.70. The number of rotatable bonds is 7. The minimum Gasteiger partial charge on any atom is -0.593 e. The summed E-state index contributed by atoms with van der Waals surface area (Å²) in [4.78, 5) is 19.2. The van der Waals surface area contributed by atoms with Crippen LogP contribution < -0.4 is 4.72 Å². The third-order valence-electron chi connectivity index (χ3n) is 6.27. The first-order chi connectivity index (χ1) is 15.6. The second kappa shape index (κ2) is 10.3. The Hall–Kier alpha value is -2.72. The van der Waals surface area contributed by atoms with E-state index in [2.05, 4.69) is 22.6 Å². The highest BCUT2D eigenvalue weighted by atomic mass is 32.2. The molecule has 5 nitrogen and oxygen atoms in total. The van der Waals surface area contributed by atoms with E-state index >= 15 is 0 Å². The highest BCUT2D eigenvalue weighted by molar-refractivity contribution is 7.89. The second-order valence-electron chi connectivity index (χ2n) is 8.48. The summed E-state index contributed by atoms with van der Waals surface area (Å²) in [6, 6.07) is 14.8. The first kappa shape index (κ1) is 22.5. The molecule has 0 spiro atoms. The fourth-order valence-electron chi connectivity index (χ4n) is 4.27. The third kappa shape index (κ3) is 5.02. The van der Waals surface area contributed by atoms with Crippen molar-refractivity contribution in [3.05, 3.63) is 65.9 Å². The zero-order chi connectivity index (χ0) is 22.5. The van der Waals surface area contributed by atoms with Gasteiger partial charge < -0.3 is 14.4 Å². The number of terminal acetylenes is 1. The van der Waals surface area contributed by atoms with Gasteiger partial charge in [0.1, 0.15) is 6.04 Å². The van der Waals surface area contributed by atoms with Crippen LogP contribution in [0, 0.1) is 18.3 Å². The van der Waals surface area contributed by atoms with Crippen molar-refractivity contribution in [2.45, 2.75) is 43.5 Å². The van der Waals surface area contributed by atoms with E-state index in [0.29, 0.717) is 23.7 Å². The number of hydrogen-bond acceptors (Lipinski definition) is 3. The lowest BCUT2D eigenvalue weighted by Crippen LogP contribution is -2.50. The van der Waals surface area contributed by atoms with Crippen LogP contribution in [0.2, 0.25) is 0 Å². The molecule has 0 saturated carbocycles. The number of fused-ring (bicyclic) bond motifs is 1. The number of nitrogens with one attached hydrogen (secondary N) is 2. The topological polar surface area (TPSA) is 71.2 Å². The van der Waals surface area contributed by atoms with Crippen molar-refractivity contribution in [1.29, 1.82) is 0 Å². The van der Waals surface area contributed by atoms with E-state index in [1.807, 2.05) is 59.6 Å². The van der Waals surface area contributed by atoms with Gasteiger partial charge in [-0.25, -0.2) is 0 Å². The standard InChI is InChI=1S/C26H29N3O2S/c1-3-20-7-4-5-8-21(20)11-12-24(26(30)29-17-14-19(2)15-18-29)28-32(31)25-10-6-9-23-22(25)13-16-27-23/h1,4-10,13,16,19,24,27-28H,11-12,14-15,17-18H2,2H3. The molecule has 4 rings (SSSR count). The molecule has 1 aromatic heterocycles. The van der Waals surface area contributed by atoms with Gasteiger partial charge in [0.2, 0.25) is 5.91 Å². The molecule has 1 amide bonds. The summed E-state index contributed by atoms with van der Waals surface area (Å²) in [6.45, 7) is 3.72. The molecule has 1 aliphatic heterocycles. The van der Waals surface area contributed by atoms with Crippen molar-refractivity contribution in [1.82, 2.24) is 14.6 Å². The molecule has 1 fully saturated rings. The van der Waals surface area contributed by atoms with Crippen LogP contribution in [0.1, 0.15) is 37.3 Å². The lowest BCUT2D eigenvalue weighted by atomic mass is 9.97. The maximum atomic E-state index is 13.4. The summed E-state index contributed by atoms with van der Waals surface area (Å²) >= 11 is -1.52. The molecule has 0 bridgehead atoms. The monoisotopic (exact) mass is 447 g/mol. The molecule has 0 radical (unpaired) electrons. The molecule has 6 heteroatoms. The third-order valence-corrected chi connectivity index (χ3v) is 7.53. The molecule has 1 aliphatic rings. The van der Waals surface area contributed by atoms with Gasteiger partial charge >= 0.3 is 0 Å². The minimum atomic E-state index is -1.52. The highest BCUT2D eigenvalue weighted by Gasteiger charge is 2.31. The molecular formula is C26H29N3O2S. The summed E-state index contributed by atoms with van der Waals surface area (Å²) in [5.41, 5.74) is 2.79. The molecule has 0 aliphatic carbocycles. The molecule has 3 aromatic rings. The van der Waals surface area contributed by atoms with Crippen molar-refractivity contribution in [3.63, 3.8) is 0 Å². The lowest BCUT2D eigenvalue weighted by molar-refractivity contribution is -0.134. The largest absolute Gasteiger partial charge is 0.593 e. The van der Waals surface area contributed by atoms with Gasteiger partial charge in [-0.1, -0.05) is 37.1 Å². The number of nitrogens with zero attached hydrogens (tertiary/aromatic N) is 1. The zero-order valence-electron chi connectivity index (χ0n) is 18.3. The number of H-pyrrole nitrogens is 1. The number of carbonyl (C=O) groups excluding carboxylic acids is 1. The van der Waals surface area contributed by atoms with Gasteiger partial charge in [-0.15, -0.1) is 11.1 Å². The molecule has 166 valence electrons. The molecule has 2 aromatic carbocycles. The first-order valence-electron chi connectivity index (χ1n) is 11.1. The average Bonchev–Trinajstić information content (AvgIpc) is 3.31. The first-order valence-corrected chi connectivity index (χ1v) is 12.3. The van der Waals surface area contributed by atoms with Crippen LogP contribution in [0.4, 0.5) is 0 Å². The average molecular weight is 448 g/mol. The number of amides is 1. The number of carbonyl (C=O) groups is 1. The lowest BCUT2D eigenvalue weighted by Gasteiger charge is -2.33. The Balaban J connectivity index is 1.54. The number of piperidine rings is 1. The number of benzene rings is 2. The van der Waals surface area contributed by atoms with Crippen LogP contribution in [0.3, 0.4) is 0 Å². The highest BCUT2D eigenvalue weighted by Crippen LogP contribution is 2.24. The van der Waals surface area contributed by atoms with E-state index in [4.69, 9.17) is 6.42 Å². The van der Waals surface area contributed by atoms with Crippen LogP contribution in [-0.2, 0) is 22.6 Å². The van der Waals surface area contributed by atoms with Crippen molar-refractivity contribution >= 4 is 28.2 Å². The molecule has 2 N–H and O–H groups in total. The Morgan fingerprint density at radius 3 is 2.81 bits per heavy atom. The predicted molar refractivity (Wildman–Crippen MR) is 129 cm³/mol. The minimum absolute atomic E-state index is 0.0182. The van der Waals surface area contributed by atoms with Gasteiger partial charge in [0.15, 0.2) is 4.90 Å². The Labute approximate surface area is 192 Å². The molecule has 2 atom stereocenters. The van der Waals surface area contributed by atoms with Gasteiger partial charge in [-0.2, -0.15) is 0 Å². The van der Waals surface area contributed by atoms with Crippen molar-refractivity contribution < 1.29 is 9.35 Å². The molecule has 1 saturated heterocycles. The Morgan fingerprint density at radius 2 is 2.03 bits per heavy atom. The SMILES string of the molecule is C#Cc1ccccc1CCC(N[S+]([O-])c1cccc2[nH]ccc12)C(=O)N1CCC(C)CC1. The normalized spacial score (nSPS) is 16.6. The van der Waals surface area contributed by atoms with Crippen LogP contribution in [0.25, 0.3) is 10.9 Å². The maximum absolute atomic E-state index is 13.4. The molecule has 32 heavy (non-hydrogen) atoms. The van der Waals surface area contributed by atoms with Crippen LogP contribution >= 0.6 is 0 Å². The molecule has 2 unspecified atom stereocenters. The van der Waals surface area contributed by atoms with E-state index < -0.39 is 17.4 Å². The predicted octanol–water partition coefficient (Wildman–Crippen LogP) is 4.02. The quantitative estimate of drug-likeness (QED) is 0.424. The Kier molecular flexibility index (Phi) is 7.21. The zero-order valence-corrected chi connectivity index (χ0v) is 19.2. The van der Waals surface area contributed by atoms with E-state index in [1.165, 1.54) is 0 Å². The van der Waals surface area contributed by atoms with Crippen molar-refractivity contribution in [3.8, 4) is 12.3 Å². The number of aromatic amines is 1. The van der Waals surface area contributed by atoms with E-state index in [-0.39, 0.29) is 5.91 Å². The van der Waals surface area contributed by atoms with Crippen LogP contribution in [0.15, 0.2) is 59.6 Å². The van der Waals surface area contributed by atoms with Crippen LogP contribution in [0.5, 0.6) is 0 Å². The summed E-state index contributed by atoms with van der Waals surface area (Å²) in [6.07, 6.45) is 10.7. The van der Waals surface area contributed by atoms with Crippen LogP contribution in [-0.4, -0.2) is 39.5 Å². The van der Waals surface area contributed by atoms with E-state index in [1.54, 1.807) is 0 Å². The van der Waals surface area contributed by atoms with Gasteiger partial charge in [-0.05, 0) is 61.4 Å². The number of aromatic nitrogens is 1. The number of hydrogen-bond donors (Lipinski definition) is 2. The summed E-state index contributed by atoms with van der Waals surface area (Å²) < 4.78 is 16.5. The Morgan fingerprint density at radius 1 is 1.25 bits per heavy atom. The smallest absolute Gasteiger partial charge is 0.244 e. The number of aryl methyl sites for hydroxylation is 1. The Bertz CT molecular complexity index is 1110. The molecule has 2 heterocycles. The van der Waals surface area contributed by atoms with Gasteiger partial charge in [-0.3, -0.25) is 4.79 Å². The van der Waals surface area contributed by atoms with Crippen molar-refractivity contribution in [2.75, 3.05) is 13.1 Å². The van der Waals surface area contributed by atoms with E-state index in [9.17, 15) is 9.35 Å². The summed E-state index contributed by atoms with van der Waals surface area (Å²) in [7, 11) is 0. The van der Waals surface area contributed by atoms with Gasteiger partial charge in [0, 0.05) is 24.8 Å². The molecular weight excluding hydrogens is 418 g/mol. The van der Waals surface area contributed by atoms with Gasteiger partial charge in [0.25, 0.3) is 0 Å². The van der Waals surface area contributed by atoms with Crippen molar-refractivity contribution in [2.24, 2.45) is 5.92 Å².